The van der Waals surface area contributed by atoms with Crippen LogP contribution in [0.5, 0.6) is 0 Å². The van der Waals surface area contributed by atoms with Crippen LogP contribution in [0.2, 0.25) is 5.32 Å². The normalized spacial score (nSPS) is 12.5. The van der Waals surface area contributed by atoms with Crippen LogP contribution >= 0.6 is 0 Å². The van der Waals surface area contributed by atoms with E-state index in [2.05, 4.69) is 12.1 Å². The molecule has 0 saturated carbocycles. The monoisotopic (exact) mass is 312 g/mol. The van der Waals surface area contributed by atoms with Gasteiger partial charge in [0.1, 0.15) is 0 Å². The average molecular weight is 311 g/mol. The van der Waals surface area contributed by atoms with Crippen molar-refractivity contribution in [3.8, 4) is 0 Å². The minimum atomic E-state index is -0.403. The molecule has 0 spiro atoms. The number of furan rings is 1. The van der Waals surface area contributed by atoms with Crippen LogP contribution < -0.4 is 4.46 Å². The van der Waals surface area contributed by atoms with Crippen LogP contribution in [-0.4, -0.2) is 32.8 Å². The Labute approximate surface area is 113 Å². The molecule has 4 heteroatoms. The number of aliphatic hydroxyl groups excluding tert-OH is 1. The summed E-state index contributed by atoms with van der Waals surface area (Å²) in [5.74, 6) is 0.788. The molecule has 18 heavy (non-hydrogen) atoms. The predicted octanol–water partition coefficient (Wildman–Crippen LogP) is 1.61. The number of hydrogen-bond donors (Lipinski definition) is 1. The van der Waals surface area contributed by atoms with Crippen LogP contribution in [0.3, 0.4) is 0 Å². The topological polar surface area (TPSA) is 42.6 Å². The summed E-state index contributed by atoms with van der Waals surface area (Å²) in [7, 11) is 0. The van der Waals surface area contributed by atoms with E-state index >= 15 is 0 Å². The van der Waals surface area contributed by atoms with Gasteiger partial charge in [0.15, 0.2) is 0 Å². The molecule has 0 aliphatic rings. The van der Waals surface area contributed by atoms with E-state index in [9.17, 15) is 5.11 Å². The molecule has 1 aromatic heterocycles. The Morgan fingerprint density at radius 2 is 2.00 bits per heavy atom. The van der Waals surface area contributed by atoms with Gasteiger partial charge in [0.05, 0.1) is 0 Å². The van der Waals surface area contributed by atoms with Gasteiger partial charge in [-0.2, -0.15) is 0 Å². The molecule has 3 nitrogen and oxygen atoms in total. The summed E-state index contributed by atoms with van der Waals surface area (Å²) in [6.07, 6.45) is 1.22. The number of ether oxygens (including phenoxy) is 1. The fraction of sp³-hybridized carbons (Fsp3) is 0.286. The van der Waals surface area contributed by atoms with Crippen molar-refractivity contribution < 1.29 is 14.3 Å². The summed E-state index contributed by atoms with van der Waals surface area (Å²) < 4.78 is 11.8. The molecule has 1 atom stereocenters. The fourth-order valence-corrected chi connectivity index (χ4v) is 3.19. The van der Waals surface area contributed by atoms with Crippen LogP contribution in [0.4, 0.5) is 0 Å². The van der Waals surface area contributed by atoms with Gasteiger partial charge in [0.2, 0.25) is 0 Å². The SMILES string of the molecule is OC(COCc1ccco1)C[Se]c1ccccc1. The third kappa shape index (κ3) is 4.67. The molecule has 0 fully saturated rings. The first-order valence-electron chi connectivity index (χ1n) is 5.80. The van der Waals surface area contributed by atoms with Gasteiger partial charge in [-0.3, -0.25) is 0 Å². The number of rotatable bonds is 7. The molecule has 2 rings (SSSR count). The molecule has 0 aliphatic heterocycles. The van der Waals surface area contributed by atoms with Crippen LogP contribution in [0.1, 0.15) is 5.76 Å². The summed E-state index contributed by atoms with van der Waals surface area (Å²) in [4.78, 5) is 0. The van der Waals surface area contributed by atoms with Gasteiger partial charge < -0.3 is 0 Å². The molecule has 1 heterocycles. The summed E-state index contributed by atoms with van der Waals surface area (Å²) in [5, 5.41) is 10.6. The number of benzene rings is 1. The van der Waals surface area contributed by atoms with E-state index in [-0.39, 0.29) is 0 Å². The Balaban J connectivity index is 1.62. The molecular formula is C14H16O3Se. The standard InChI is InChI=1S/C14H16O3Se/c15-12(9-16-10-13-5-4-8-17-13)11-18-14-6-2-1-3-7-14/h1-8,12,15H,9-11H2. The molecule has 0 amide bonds. The summed E-state index contributed by atoms with van der Waals surface area (Å²) >= 11 is 0.300. The Hall–Kier alpha value is -1.06. The molecule has 0 saturated heterocycles. The van der Waals surface area contributed by atoms with Gasteiger partial charge in [-0.1, -0.05) is 0 Å². The van der Waals surface area contributed by atoms with E-state index in [1.165, 1.54) is 4.46 Å². The van der Waals surface area contributed by atoms with E-state index in [0.717, 1.165) is 11.1 Å². The Morgan fingerprint density at radius 1 is 1.17 bits per heavy atom. The average Bonchev–Trinajstić information content (AvgIpc) is 2.91. The van der Waals surface area contributed by atoms with Crippen molar-refractivity contribution in [1.29, 1.82) is 0 Å². The van der Waals surface area contributed by atoms with Gasteiger partial charge in [-0.15, -0.1) is 0 Å². The second-order valence-corrected chi connectivity index (χ2v) is 6.17. The van der Waals surface area contributed by atoms with Gasteiger partial charge in [0, 0.05) is 0 Å². The van der Waals surface area contributed by atoms with Crippen LogP contribution in [0.25, 0.3) is 0 Å². The first-order valence-corrected chi connectivity index (χ1v) is 7.87. The number of hydrogen-bond acceptors (Lipinski definition) is 3. The Morgan fingerprint density at radius 3 is 2.72 bits per heavy atom. The van der Waals surface area contributed by atoms with Crippen molar-refractivity contribution in [3.05, 3.63) is 54.5 Å². The van der Waals surface area contributed by atoms with Gasteiger partial charge >= 0.3 is 113 Å². The van der Waals surface area contributed by atoms with Gasteiger partial charge in [-0.05, 0) is 0 Å². The number of aliphatic hydroxyl groups is 1. The van der Waals surface area contributed by atoms with Crippen molar-refractivity contribution in [2.24, 2.45) is 0 Å². The van der Waals surface area contributed by atoms with Crippen molar-refractivity contribution >= 4 is 19.4 Å². The Bertz CT molecular complexity index is 428. The van der Waals surface area contributed by atoms with E-state index in [0.29, 0.717) is 28.2 Å². The molecule has 0 aliphatic carbocycles. The summed E-state index contributed by atoms with van der Waals surface area (Å²) in [6, 6.07) is 13.9. The first-order chi connectivity index (χ1) is 8.84. The summed E-state index contributed by atoms with van der Waals surface area (Å²) in [5.41, 5.74) is 0. The maximum absolute atomic E-state index is 9.80. The van der Waals surface area contributed by atoms with Crippen LogP contribution in [0, 0.1) is 0 Å². The zero-order valence-electron chi connectivity index (χ0n) is 9.99. The Kier molecular flexibility index (Phi) is 5.49. The van der Waals surface area contributed by atoms with Gasteiger partial charge in [0.25, 0.3) is 0 Å². The first kappa shape index (κ1) is 13.4. The second-order valence-electron chi connectivity index (χ2n) is 3.87. The predicted molar refractivity (Wildman–Crippen MR) is 71.0 cm³/mol. The zero-order valence-corrected chi connectivity index (χ0v) is 11.7. The minimum absolute atomic E-state index is 0.300. The van der Waals surface area contributed by atoms with Crippen molar-refractivity contribution in [3.63, 3.8) is 0 Å². The third-order valence-corrected chi connectivity index (χ3v) is 4.75. The molecule has 0 bridgehead atoms. The second kappa shape index (κ2) is 7.39. The molecule has 1 unspecified atom stereocenters. The van der Waals surface area contributed by atoms with E-state index in [1.807, 2.05) is 30.3 Å². The summed E-state index contributed by atoms with van der Waals surface area (Å²) in [6.45, 7) is 0.775. The van der Waals surface area contributed by atoms with Crippen LogP contribution in [0.15, 0.2) is 53.1 Å². The van der Waals surface area contributed by atoms with Crippen molar-refractivity contribution in [1.82, 2.24) is 0 Å². The van der Waals surface area contributed by atoms with E-state index in [4.69, 9.17) is 9.15 Å². The quantitative estimate of drug-likeness (QED) is 0.790. The molecule has 1 N–H and O–H groups in total. The van der Waals surface area contributed by atoms with Gasteiger partial charge in [-0.25, -0.2) is 0 Å². The van der Waals surface area contributed by atoms with E-state index in [1.54, 1.807) is 6.26 Å². The van der Waals surface area contributed by atoms with Crippen molar-refractivity contribution in [2.45, 2.75) is 18.0 Å². The molecular weight excluding hydrogens is 295 g/mol. The zero-order chi connectivity index (χ0) is 12.6. The maximum atomic E-state index is 9.80. The van der Waals surface area contributed by atoms with E-state index < -0.39 is 6.10 Å². The van der Waals surface area contributed by atoms with Crippen LogP contribution in [-0.2, 0) is 11.3 Å². The molecule has 2 aromatic rings. The van der Waals surface area contributed by atoms with Crippen molar-refractivity contribution in [2.75, 3.05) is 6.61 Å². The molecule has 0 radical (unpaired) electrons. The molecule has 1 aromatic carbocycles. The third-order valence-electron chi connectivity index (χ3n) is 2.32. The molecule has 96 valence electrons. The fourth-order valence-electron chi connectivity index (χ4n) is 1.45.